The molecule has 7 heteroatoms. The van der Waals surface area contributed by atoms with E-state index in [9.17, 15) is 4.79 Å². The lowest BCUT2D eigenvalue weighted by Gasteiger charge is -2.40. The quantitative estimate of drug-likeness (QED) is 0.841. The summed E-state index contributed by atoms with van der Waals surface area (Å²) in [6.45, 7) is 4.76. The summed E-state index contributed by atoms with van der Waals surface area (Å²) in [7, 11) is 0. The standard InChI is InChI=1S/C19H24N4O3/c1-13-11-23(12-16(25-13)17-21-14(2)22-26-17)18(24)19(7-3-4-8-19)15-6-5-9-20-10-15/h5-6,9-10,13,16H,3-4,7-8,11-12H2,1-2H3/t13-,16-/m1/s1. The Morgan fingerprint density at radius 3 is 2.77 bits per heavy atom. The van der Waals surface area contributed by atoms with Gasteiger partial charge in [-0.25, -0.2) is 0 Å². The van der Waals surface area contributed by atoms with Crippen LogP contribution in [0.5, 0.6) is 0 Å². The number of carbonyl (C=O) groups excluding carboxylic acids is 1. The predicted molar refractivity (Wildman–Crippen MR) is 93.3 cm³/mol. The molecule has 2 aromatic rings. The molecule has 1 saturated carbocycles. The maximum Gasteiger partial charge on any atom is 0.257 e. The summed E-state index contributed by atoms with van der Waals surface area (Å²) in [6, 6.07) is 3.94. The van der Waals surface area contributed by atoms with Crippen molar-refractivity contribution in [3.8, 4) is 0 Å². The van der Waals surface area contributed by atoms with E-state index in [1.807, 2.05) is 30.2 Å². The highest BCUT2D eigenvalue weighted by Crippen LogP contribution is 2.43. The third-order valence-corrected chi connectivity index (χ3v) is 5.45. The van der Waals surface area contributed by atoms with E-state index in [2.05, 4.69) is 15.1 Å². The summed E-state index contributed by atoms with van der Waals surface area (Å²) >= 11 is 0. The summed E-state index contributed by atoms with van der Waals surface area (Å²) in [5.41, 5.74) is 0.549. The van der Waals surface area contributed by atoms with E-state index in [1.54, 1.807) is 13.1 Å². The second kappa shape index (κ2) is 6.79. The van der Waals surface area contributed by atoms with E-state index in [-0.39, 0.29) is 18.1 Å². The predicted octanol–water partition coefficient (Wildman–Crippen LogP) is 2.57. The maximum absolute atomic E-state index is 13.6. The molecular weight excluding hydrogens is 332 g/mol. The van der Waals surface area contributed by atoms with Crippen molar-refractivity contribution in [2.45, 2.75) is 57.2 Å². The van der Waals surface area contributed by atoms with Crippen LogP contribution in [-0.4, -0.2) is 45.1 Å². The third kappa shape index (κ3) is 3.00. The molecule has 2 aromatic heterocycles. The van der Waals surface area contributed by atoms with Gasteiger partial charge in [-0.05, 0) is 38.3 Å². The van der Waals surface area contributed by atoms with Gasteiger partial charge in [0, 0.05) is 18.9 Å². The van der Waals surface area contributed by atoms with Crippen molar-refractivity contribution in [3.63, 3.8) is 0 Å². The minimum absolute atomic E-state index is 0.0859. The van der Waals surface area contributed by atoms with Crippen LogP contribution in [0.25, 0.3) is 0 Å². The molecule has 2 aliphatic rings. The van der Waals surface area contributed by atoms with Gasteiger partial charge in [0.2, 0.25) is 5.91 Å². The Balaban J connectivity index is 1.61. The van der Waals surface area contributed by atoms with Crippen molar-refractivity contribution < 1.29 is 14.1 Å². The molecule has 4 rings (SSSR count). The average Bonchev–Trinajstić information content (AvgIpc) is 3.31. The van der Waals surface area contributed by atoms with Crippen molar-refractivity contribution in [1.82, 2.24) is 20.0 Å². The first-order chi connectivity index (χ1) is 12.6. The number of rotatable bonds is 3. The zero-order valence-electron chi connectivity index (χ0n) is 15.2. The maximum atomic E-state index is 13.6. The lowest BCUT2D eigenvalue weighted by molar-refractivity contribution is -0.152. The average molecular weight is 356 g/mol. The van der Waals surface area contributed by atoms with Gasteiger partial charge >= 0.3 is 0 Å². The molecule has 0 bridgehead atoms. The van der Waals surface area contributed by atoms with E-state index in [4.69, 9.17) is 9.26 Å². The number of pyridine rings is 1. The van der Waals surface area contributed by atoms with Crippen LogP contribution < -0.4 is 0 Å². The monoisotopic (exact) mass is 356 g/mol. The summed E-state index contributed by atoms with van der Waals surface area (Å²) in [4.78, 5) is 24.1. The SMILES string of the molecule is Cc1noc([C@H]2CN(C(=O)C3(c4cccnc4)CCCC3)C[C@@H](C)O2)n1. The number of amides is 1. The topological polar surface area (TPSA) is 81.4 Å². The molecule has 2 atom stereocenters. The van der Waals surface area contributed by atoms with Gasteiger partial charge in [0.05, 0.1) is 18.1 Å². The van der Waals surface area contributed by atoms with Gasteiger partial charge in [0.15, 0.2) is 11.9 Å². The molecule has 0 spiro atoms. The highest BCUT2D eigenvalue weighted by atomic mass is 16.5. The number of morpholine rings is 1. The van der Waals surface area contributed by atoms with Crippen molar-refractivity contribution in [2.75, 3.05) is 13.1 Å². The highest BCUT2D eigenvalue weighted by molar-refractivity contribution is 5.88. The first-order valence-electron chi connectivity index (χ1n) is 9.24. The summed E-state index contributed by atoms with van der Waals surface area (Å²) in [6.07, 6.45) is 6.99. The molecule has 1 aliphatic heterocycles. The molecular formula is C19H24N4O3. The molecule has 0 N–H and O–H groups in total. The summed E-state index contributed by atoms with van der Waals surface area (Å²) in [5.74, 6) is 1.18. The van der Waals surface area contributed by atoms with Gasteiger partial charge in [0.25, 0.3) is 5.89 Å². The Labute approximate surface area is 152 Å². The van der Waals surface area contributed by atoms with E-state index >= 15 is 0 Å². The lowest BCUT2D eigenvalue weighted by Crippen LogP contribution is -2.52. The fourth-order valence-corrected chi connectivity index (χ4v) is 4.25. The number of hydrogen-bond donors (Lipinski definition) is 0. The lowest BCUT2D eigenvalue weighted by atomic mass is 9.78. The van der Waals surface area contributed by atoms with Crippen LogP contribution in [0.15, 0.2) is 29.0 Å². The van der Waals surface area contributed by atoms with Crippen LogP contribution in [0.2, 0.25) is 0 Å². The Morgan fingerprint density at radius 1 is 1.31 bits per heavy atom. The molecule has 0 unspecified atom stereocenters. The van der Waals surface area contributed by atoms with Crippen molar-refractivity contribution >= 4 is 5.91 Å². The Kier molecular flexibility index (Phi) is 4.48. The Hall–Kier alpha value is -2.28. The fourth-order valence-electron chi connectivity index (χ4n) is 4.25. The first kappa shape index (κ1) is 17.1. The molecule has 0 aromatic carbocycles. The van der Waals surface area contributed by atoms with Crippen LogP contribution in [0, 0.1) is 6.92 Å². The molecule has 1 saturated heterocycles. The van der Waals surface area contributed by atoms with Crippen LogP contribution in [-0.2, 0) is 14.9 Å². The van der Waals surface area contributed by atoms with E-state index in [1.165, 1.54) is 0 Å². The molecule has 0 radical (unpaired) electrons. The van der Waals surface area contributed by atoms with Crippen molar-refractivity contribution in [1.29, 1.82) is 0 Å². The normalized spacial score (nSPS) is 25.4. The van der Waals surface area contributed by atoms with Gasteiger partial charge < -0.3 is 14.2 Å². The van der Waals surface area contributed by atoms with Crippen LogP contribution in [0.4, 0.5) is 0 Å². The van der Waals surface area contributed by atoms with Crippen molar-refractivity contribution in [2.24, 2.45) is 0 Å². The van der Waals surface area contributed by atoms with E-state index < -0.39 is 5.41 Å². The van der Waals surface area contributed by atoms with E-state index in [0.717, 1.165) is 31.2 Å². The Morgan fingerprint density at radius 2 is 2.12 bits per heavy atom. The number of hydrogen-bond acceptors (Lipinski definition) is 6. The third-order valence-electron chi connectivity index (χ3n) is 5.45. The van der Waals surface area contributed by atoms with Gasteiger partial charge in [-0.15, -0.1) is 0 Å². The smallest absolute Gasteiger partial charge is 0.257 e. The van der Waals surface area contributed by atoms with Gasteiger partial charge in [-0.2, -0.15) is 4.98 Å². The van der Waals surface area contributed by atoms with Crippen molar-refractivity contribution in [3.05, 3.63) is 41.8 Å². The van der Waals surface area contributed by atoms with Gasteiger partial charge in [-0.3, -0.25) is 9.78 Å². The molecule has 1 aliphatic carbocycles. The van der Waals surface area contributed by atoms with Gasteiger partial charge in [0.1, 0.15) is 0 Å². The zero-order chi connectivity index (χ0) is 18.1. The number of aryl methyl sites for hydroxylation is 1. The molecule has 2 fully saturated rings. The second-order valence-corrected chi connectivity index (χ2v) is 7.36. The number of carbonyl (C=O) groups is 1. The van der Waals surface area contributed by atoms with Crippen LogP contribution in [0.3, 0.4) is 0 Å². The first-order valence-corrected chi connectivity index (χ1v) is 9.24. The Bertz CT molecular complexity index is 770. The molecule has 7 nitrogen and oxygen atoms in total. The van der Waals surface area contributed by atoms with E-state index in [0.29, 0.717) is 24.8 Å². The minimum atomic E-state index is -0.472. The second-order valence-electron chi connectivity index (χ2n) is 7.36. The summed E-state index contributed by atoms with van der Waals surface area (Å²) in [5, 5.41) is 3.85. The number of nitrogens with zero attached hydrogens (tertiary/aromatic N) is 4. The molecule has 1 amide bonds. The minimum Gasteiger partial charge on any atom is -0.362 e. The molecule has 26 heavy (non-hydrogen) atoms. The summed E-state index contributed by atoms with van der Waals surface area (Å²) < 4.78 is 11.2. The fraction of sp³-hybridized carbons (Fsp3) is 0.579. The molecule has 138 valence electrons. The zero-order valence-corrected chi connectivity index (χ0v) is 15.2. The van der Waals surface area contributed by atoms with Crippen LogP contribution in [0.1, 0.15) is 56.0 Å². The number of aromatic nitrogens is 3. The van der Waals surface area contributed by atoms with Gasteiger partial charge in [-0.1, -0.05) is 24.1 Å². The highest BCUT2D eigenvalue weighted by Gasteiger charge is 2.47. The largest absolute Gasteiger partial charge is 0.362 e. The molecule has 3 heterocycles. The number of ether oxygens (including phenoxy) is 1. The van der Waals surface area contributed by atoms with Crippen LogP contribution >= 0.6 is 0 Å².